The smallest absolute Gasteiger partial charge is 0.403 e. The third kappa shape index (κ3) is 0.887. The molecule has 66 valence electrons. The molecule has 12 heavy (non-hydrogen) atoms. The van der Waals surface area contributed by atoms with E-state index >= 15 is 0 Å². The summed E-state index contributed by atoms with van der Waals surface area (Å²) in [6, 6.07) is 0. The van der Waals surface area contributed by atoms with Crippen LogP contribution in [0.15, 0.2) is 0 Å². The summed E-state index contributed by atoms with van der Waals surface area (Å²) < 4.78 is 17.1. The lowest BCUT2D eigenvalue weighted by Gasteiger charge is -2.22. The van der Waals surface area contributed by atoms with E-state index in [1.54, 1.807) is 0 Å². The molecular weight excluding hydrogens is 155 g/mol. The van der Waals surface area contributed by atoms with E-state index in [9.17, 15) is 0 Å². The lowest BCUT2D eigenvalue weighted by Crippen LogP contribution is -2.27. The van der Waals surface area contributed by atoms with Gasteiger partial charge in [0.25, 0.3) is 0 Å². The number of fused-ring (bicyclic) bond motifs is 5. The van der Waals surface area contributed by atoms with Gasteiger partial charge in [0.1, 0.15) is 0 Å². The van der Waals surface area contributed by atoms with E-state index < -0.39 is 0 Å². The molecule has 3 rings (SSSR count). The van der Waals surface area contributed by atoms with E-state index in [0.29, 0.717) is 12.2 Å². The SMILES string of the molecule is CB1OC2C3CCCC(O3)C2O1. The molecule has 3 aliphatic rings. The van der Waals surface area contributed by atoms with Gasteiger partial charge in [0.15, 0.2) is 0 Å². The predicted molar refractivity (Wildman–Crippen MR) is 43.9 cm³/mol. The monoisotopic (exact) mass is 168 g/mol. The maximum atomic E-state index is 5.76. The van der Waals surface area contributed by atoms with Crippen molar-refractivity contribution >= 4 is 7.12 Å². The molecule has 0 radical (unpaired) electrons. The Labute approximate surface area is 72.5 Å². The maximum Gasteiger partial charge on any atom is 0.454 e. The molecule has 3 saturated heterocycles. The van der Waals surface area contributed by atoms with Crippen LogP contribution in [0.3, 0.4) is 0 Å². The van der Waals surface area contributed by atoms with Gasteiger partial charge in [-0.15, -0.1) is 0 Å². The topological polar surface area (TPSA) is 27.7 Å². The Hall–Kier alpha value is -0.0551. The van der Waals surface area contributed by atoms with E-state index in [1.165, 1.54) is 6.42 Å². The van der Waals surface area contributed by atoms with Gasteiger partial charge in [-0.1, -0.05) is 0 Å². The molecule has 0 amide bonds. The van der Waals surface area contributed by atoms with Gasteiger partial charge in [-0.3, -0.25) is 0 Å². The van der Waals surface area contributed by atoms with E-state index in [4.69, 9.17) is 14.0 Å². The highest BCUT2D eigenvalue weighted by Gasteiger charge is 2.53. The van der Waals surface area contributed by atoms with E-state index in [0.717, 1.165) is 12.8 Å². The van der Waals surface area contributed by atoms with Gasteiger partial charge >= 0.3 is 7.12 Å². The van der Waals surface area contributed by atoms with Gasteiger partial charge < -0.3 is 14.0 Å². The van der Waals surface area contributed by atoms with Crippen molar-refractivity contribution in [3.05, 3.63) is 0 Å². The molecule has 0 aromatic rings. The second kappa shape index (κ2) is 2.47. The summed E-state index contributed by atoms with van der Waals surface area (Å²) >= 11 is 0. The van der Waals surface area contributed by atoms with Gasteiger partial charge in [-0.2, -0.15) is 0 Å². The fraction of sp³-hybridized carbons (Fsp3) is 1.00. The second-order valence-corrected chi connectivity index (χ2v) is 3.91. The van der Waals surface area contributed by atoms with Gasteiger partial charge in [-0.25, -0.2) is 0 Å². The first-order valence-electron chi connectivity index (χ1n) is 4.81. The summed E-state index contributed by atoms with van der Waals surface area (Å²) in [4.78, 5) is 0. The summed E-state index contributed by atoms with van der Waals surface area (Å²) in [6.07, 6.45) is 4.66. The minimum absolute atomic E-state index is 0.0213. The molecule has 0 aliphatic carbocycles. The highest BCUT2D eigenvalue weighted by Crippen LogP contribution is 2.39. The Morgan fingerprint density at radius 1 is 1.08 bits per heavy atom. The molecule has 0 spiro atoms. The van der Waals surface area contributed by atoms with Crippen LogP contribution < -0.4 is 0 Å². The molecule has 4 heteroatoms. The first kappa shape index (κ1) is 7.36. The molecule has 0 saturated carbocycles. The molecule has 0 aromatic heterocycles. The van der Waals surface area contributed by atoms with Gasteiger partial charge in [0.2, 0.25) is 0 Å². The average Bonchev–Trinajstić information content (AvgIpc) is 2.55. The zero-order valence-corrected chi connectivity index (χ0v) is 7.23. The normalized spacial score (nSPS) is 51.2. The van der Waals surface area contributed by atoms with Crippen LogP contribution in [0.25, 0.3) is 0 Å². The van der Waals surface area contributed by atoms with Crippen molar-refractivity contribution in [3.8, 4) is 0 Å². The summed E-state index contributed by atoms with van der Waals surface area (Å²) in [7, 11) is -0.0213. The van der Waals surface area contributed by atoms with Crippen LogP contribution in [0.4, 0.5) is 0 Å². The van der Waals surface area contributed by atoms with Crippen LogP contribution in [-0.2, 0) is 14.0 Å². The minimum Gasteiger partial charge on any atom is -0.403 e. The Balaban J connectivity index is 1.85. The van der Waals surface area contributed by atoms with Gasteiger partial charge in [0.05, 0.1) is 24.4 Å². The number of ether oxygens (including phenoxy) is 1. The van der Waals surface area contributed by atoms with Gasteiger partial charge in [0, 0.05) is 0 Å². The van der Waals surface area contributed by atoms with Crippen LogP contribution in [0, 0.1) is 0 Å². The van der Waals surface area contributed by atoms with Crippen LogP contribution in [0.2, 0.25) is 6.82 Å². The minimum atomic E-state index is -0.0213. The molecule has 4 atom stereocenters. The zero-order valence-electron chi connectivity index (χ0n) is 7.23. The van der Waals surface area contributed by atoms with Crippen molar-refractivity contribution in [2.45, 2.75) is 50.5 Å². The molecule has 3 aliphatic heterocycles. The molecule has 0 aromatic carbocycles. The van der Waals surface area contributed by atoms with Crippen LogP contribution in [0.5, 0.6) is 0 Å². The summed E-state index contributed by atoms with van der Waals surface area (Å²) in [6.45, 7) is 1.97. The van der Waals surface area contributed by atoms with E-state index in [1.807, 2.05) is 6.82 Å². The Morgan fingerprint density at radius 3 is 2.25 bits per heavy atom. The van der Waals surface area contributed by atoms with Gasteiger partial charge in [-0.05, 0) is 26.1 Å². The fourth-order valence-electron chi connectivity index (χ4n) is 2.59. The highest BCUT2D eigenvalue weighted by atomic mass is 16.7. The summed E-state index contributed by atoms with van der Waals surface area (Å²) in [5.74, 6) is 0. The largest absolute Gasteiger partial charge is 0.454 e. The predicted octanol–water partition coefficient (Wildman–Crippen LogP) is 0.840. The Bertz CT molecular complexity index is 181. The van der Waals surface area contributed by atoms with Crippen molar-refractivity contribution in [1.82, 2.24) is 0 Å². The molecule has 2 bridgehead atoms. The van der Waals surface area contributed by atoms with Crippen molar-refractivity contribution in [1.29, 1.82) is 0 Å². The third-order valence-electron chi connectivity index (χ3n) is 3.08. The lowest BCUT2D eigenvalue weighted by atomic mass is 9.96. The number of hydrogen-bond donors (Lipinski definition) is 0. The average molecular weight is 168 g/mol. The number of hydrogen-bond acceptors (Lipinski definition) is 3. The molecule has 0 N–H and O–H groups in total. The third-order valence-corrected chi connectivity index (χ3v) is 3.08. The van der Waals surface area contributed by atoms with E-state index in [2.05, 4.69) is 0 Å². The van der Waals surface area contributed by atoms with Crippen LogP contribution >= 0.6 is 0 Å². The first-order valence-corrected chi connectivity index (χ1v) is 4.81. The molecule has 3 heterocycles. The standard InChI is InChI=1S/C8H13BO3/c1-9-11-7-5-3-2-4-6(10-5)8(7)12-9/h5-8H,2-4H2,1H3. The van der Waals surface area contributed by atoms with Crippen molar-refractivity contribution in [3.63, 3.8) is 0 Å². The fourth-order valence-corrected chi connectivity index (χ4v) is 2.59. The van der Waals surface area contributed by atoms with Crippen molar-refractivity contribution < 1.29 is 14.0 Å². The molecule has 4 unspecified atom stereocenters. The Morgan fingerprint density at radius 2 is 1.67 bits per heavy atom. The molecule has 3 nitrogen and oxygen atoms in total. The second-order valence-electron chi connectivity index (χ2n) is 3.91. The first-order chi connectivity index (χ1) is 5.84. The zero-order chi connectivity index (χ0) is 8.13. The van der Waals surface area contributed by atoms with Crippen LogP contribution in [-0.4, -0.2) is 31.5 Å². The number of rotatable bonds is 0. The van der Waals surface area contributed by atoms with Crippen molar-refractivity contribution in [2.24, 2.45) is 0 Å². The summed E-state index contributed by atoms with van der Waals surface area (Å²) in [5, 5.41) is 0. The molecule has 3 fully saturated rings. The maximum absolute atomic E-state index is 5.76. The highest BCUT2D eigenvalue weighted by molar-refractivity contribution is 6.43. The van der Waals surface area contributed by atoms with Crippen molar-refractivity contribution in [2.75, 3.05) is 0 Å². The van der Waals surface area contributed by atoms with Crippen LogP contribution in [0.1, 0.15) is 19.3 Å². The summed E-state index contributed by atoms with van der Waals surface area (Å²) in [5.41, 5.74) is 0. The lowest BCUT2D eigenvalue weighted by molar-refractivity contribution is -0.0346. The molecular formula is C8H13BO3. The quantitative estimate of drug-likeness (QED) is 0.501. The van der Waals surface area contributed by atoms with E-state index in [-0.39, 0.29) is 19.3 Å². The Kier molecular flexibility index (Phi) is 1.51.